The number of nitrogens with zero attached hydrogens (tertiary/aromatic N) is 2. The van der Waals surface area contributed by atoms with Crippen LogP contribution in [0.2, 0.25) is 0 Å². The van der Waals surface area contributed by atoms with Crippen molar-refractivity contribution in [2.24, 2.45) is 5.10 Å². The third-order valence-corrected chi connectivity index (χ3v) is 5.65. The van der Waals surface area contributed by atoms with Crippen LogP contribution in [-0.2, 0) is 20.4 Å². The van der Waals surface area contributed by atoms with E-state index in [4.69, 9.17) is 14.2 Å². The fraction of sp³-hybridized carbons (Fsp3) is 0.250. The van der Waals surface area contributed by atoms with Crippen LogP contribution in [-0.4, -0.2) is 44.0 Å². The number of hydrogen-bond donors (Lipinski definition) is 0. The number of amides is 1. The average Bonchev–Trinajstić information content (AvgIpc) is 3.45. The number of rotatable bonds is 9. The number of ether oxygens (including phenoxy) is 3. The molecule has 1 atom stereocenters. The first-order valence-electron chi connectivity index (χ1n) is 11.9. The molecular formula is C28H25F3N2O5. The van der Waals surface area contributed by atoms with Crippen LogP contribution in [0.5, 0.6) is 5.75 Å². The number of hydrogen-bond acceptors (Lipinski definition) is 6. The molecular weight excluding hydrogens is 501 g/mol. The summed E-state index contributed by atoms with van der Waals surface area (Å²) in [5.41, 5.74) is -0.265. The van der Waals surface area contributed by atoms with Gasteiger partial charge in [-0.15, -0.1) is 0 Å². The molecule has 198 valence electrons. The van der Waals surface area contributed by atoms with Gasteiger partial charge in [0.05, 0.1) is 29.1 Å². The first kappa shape index (κ1) is 26.9. The van der Waals surface area contributed by atoms with Gasteiger partial charge in [-0.25, -0.2) is 4.79 Å². The molecule has 1 saturated heterocycles. The molecule has 0 aliphatic carbocycles. The van der Waals surface area contributed by atoms with Gasteiger partial charge in [0.15, 0.2) is 6.61 Å². The molecule has 1 heterocycles. The molecule has 10 heteroatoms. The van der Waals surface area contributed by atoms with Crippen LogP contribution >= 0.6 is 0 Å². The lowest BCUT2D eigenvalue weighted by atomic mass is 10.2. The summed E-state index contributed by atoms with van der Waals surface area (Å²) in [5.74, 6) is -1.06. The van der Waals surface area contributed by atoms with Gasteiger partial charge in [-0.1, -0.05) is 36.4 Å². The second kappa shape index (κ2) is 12.4. The first-order chi connectivity index (χ1) is 18.3. The van der Waals surface area contributed by atoms with Crippen molar-refractivity contribution in [3.05, 3.63) is 95.6 Å². The zero-order valence-corrected chi connectivity index (χ0v) is 20.3. The average molecular weight is 527 g/mol. The van der Waals surface area contributed by atoms with Gasteiger partial charge in [-0.3, -0.25) is 4.79 Å². The van der Waals surface area contributed by atoms with Crippen LogP contribution in [0.15, 0.2) is 84.0 Å². The molecule has 3 aromatic carbocycles. The van der Waals surface area contributed by atoms with Crippen molar-refractivity contribution >= 4 is 23.8 Å². The molecule has 1 aliphatic rings. The minimum Gasteiger partial charge on any atom is -0.491 e. The minimum absolute atomic E-state index is 0.0509. The van der Waals surface area contributed by atoms with Crippen molar-refractivity contribution in [1.29, 1.82) is 0 Å². The molecule has 1 amide bonds. The lowest BCUT2D eigenvalue weighted by Crippen LogP contribution is -2.31. The van der Waals surface area contributed by atoms with Gasteiger partial charge in [0.1, 0.15) is 12.4 Å². The predicted molar refractivity (Wildman–Crippen MR) is 134 cm³/mol. The standard InChI is InChI=1S/C28H25F3N2O5/c29-28(30,31)22-8-4-9-23(16-22)33(32-17-20-6-2-1-3-7-20)26(34)19-38-27(35)21-11-13-24(14-12-21)37-18-25-10-5-15-36-25/h1-4,6-9,11-14,16-17,25H,5,10,15,18-19H2/b32-17-/t25-/m0/s1. The van der Waals surface area contributed by atoms with Crippen molar-refractivity contribution < 1.29 is 37.0 Å². The fourth-order valence-electron chi connectivity index (χ4n) is 3.68. The lowest BCUT2D eigenvalue weighted by molar-refractivity contribution is -0.137. The summed E-state index contributed by atoms with van der Waals surface area (Å²) in [6, 6.07) is 19.1. The molecule has 0 bridgehead atoms. The smallest absolute Gasteiger partial charge is 0.416 e. The SMILES string of the molecule is O=C(OCC(=O)N(/N=C\c1ccccc1)c1cccc(C(F)(F)F)c1)c1ccc(OC[C@@H]2CCCO2)cc1. The summed E-state index contributed by atoms with van der Waals surface area (Å²) in [5, 5.41) is 4.85. The van der Waals surface area contributed by atoms with E-state index in [1.54, 1.807) is 42.5 Å². The number of benzene rings is 3. The van der Waals surface area contributed by atoms with E-state index in [9.17, 15) is 22.8 Å². The van der Waals surface area contributed by atoms with E-state index in [0.717, 1.165) is 36.6 Å². The van der Waals surface area contributed by atoms with E-state index in [-0.39, 0.29) is 17.4 Å². The number of hydrazone groups is 1. The zero-order valence-electron chi connectivity index (χ0n) is 20.3. The second-order valence-corrected chi connectivity index (χ2v) is 8.46. The van der Waals surface area contributed by atoms with Gasteiger partial charge in [0.25, 0.3) is 5.91 Å². The molecule has 0 spiro atoms. The summed E-state index contributed by atoms with van der Waals surface area (Å²) in [6.45, 7) is 0.395. The molecule has 38 heavy (non-hydrogen) atoms. The predicted octanol–water partition coefficient (Wildman–Crippen LogP) is 5.49. The summed E-state index contributed by atoms with van der Waals surface area (Å²) in [6.07, 6.45) is -1.30. The lowest BCUT2D eigenvalue weighted by Gasteiger charge is -2.18. The summed E-state index contributed by atoms with van der Waals surface area (Å²) < 4.78 is 56.1. The summed E-state index contributed by atoms with van der Waals surface area (Å²) in [4.78, 5) is 25.5. The second-order valence-electron chi connectivity index (χ2n) is 8.46. The normalized spacial score (nSPS) is 15.4. The molecule has 0 radical (unpaired) electrons. The Morgan fingerprint density at radius 1 is 1.03 bits per heavy atom. The number of carbonyl (C=O) groups is 2. The molecule has 1 aliphatic heterocycles. The quantitative estimate of drug-likeness (QED) is 0.209. The van der Waals surface area contributed by atoms with Crippen molar-refractivity contribution in [2.45, 2.75) is 25.1 Å². The number of carbonyl (C=O) groups excluding carboxylic acids is 2. The van der Waals surface area contributed by atoms with Gasteiger partial charge >= 0.3 is 12.1 Å². The Bertz CT molecular complexity index is 1260. The van der Waals surface area contributed by atoms with E-state index in [1.165, 1.54) is 30.5 Å². The molecule has 0 unspecified atom stereocenters. The molecule has 0 N–H and O–H groups in total. The highest BCUT2D eigenvalue weighted by Crippen LogP contribution is 2.32. The Balaban J connectivity index is 1.42. The van der Waals surface area contributed by atoms with Crippen molar-refractivity contribution in [3.8, 4) is 5.75 Å². The topological polar surface area (TPSA) is 77.4 Å². The van der Waals surface area contributed by atoms with Crippen LogP contribution in [0.25, 0.3) is 0 Å². The van der Waals surface area contributed by atoms with Gasteiger partial charge in [0, 0.05) is 6.61 Å². The monoisotopic (exact) mass is 526 g/mol. The third-order valence-electron chi connectivity index (χ3n) is 5.65. The maximum Gasteiger partial charge on any atom is 0.416 e. The fourth-order valence-corrected chi connectivity index (χ4v) is 3.68. The highest BCUT2D eigenvalue weighted by atomic mass is 19.4. The number of alkyl halides is 3. The Morgan fingerprint density at radius 3 is 2.47 bits per heavy atom. The Hall–Kier alpha value is -4.18. The minimum atomic E-state index is -4.61. The molecule has 3 aromatic rings. The molecule has 4 rings (SSSR count). The highest BCUT2D eigenvalue weighted by molar-refractivity contribution is 5.98. The van der Waals surface area contributed by atoms with Crippen molar-refractivity contribution in [1.82, 2.24) is 0 Å². The Morgan fingerprint density at radius 2 is 1.79 bits per heavy atom. The number of esters is 1. The zero-order chi connectivity index (χ0) is 27.0. The van der Waals surface area contributed by atoms with Crippen LogP contribution in [0.4, 0.5) is 18.9 Å². The van der Waals surface area contributed by atoms with Crippen LogP contribution in [0.3, 0.4) is 0 Å². The third kappa shape index (κ3) is 7.42. The van der Waals surface area contributed by atoms with E-state index < -0.39 is 30.2 Å². The van der Waals surface area contributed by atoms with E-state index in [0.29, 0.717) is 17.9 Å². The molecule has 1 fully saturated rings. The van der Waals surface area contributed by atoms with Gasteiger partial charge < -0.3 is 14.2 Å². The molecule has 0 aromatic heterocycles. The maximum absolute atomic E-state index is 13.3. The summed E-state index contributed by atoms with van der Waals surface area (Å²) >= 11 is 0. The number of anilines is 1. The molecule has 7 nitrogen and oxygen atoms in total. The van der Waals surface area contributed by atoms with Gasteiger partial charge in [0.2, 0.25) is 0 Å². The highest BCUT2D eigenvalue weighted by Gasteiger charge is 2.31. The van der Waals surface area contributed by atoms with Crippen molar-refractivity contribution in [2.75, 3.05) is 24.8 Å². The van der Waals surface area contributed by atoms with Gasteiger partial charge in [-0.2, -0.15) is 23.3 Å². The Kier molecular flexibility index (Phi) is 8.75. The molecule has 0 saturated carbocycles. The van der Waals surface area contributed by atoms with E-state index in [2.05, 4.69) is 5.10 Å². The van der Waals surface area contributed by atoms with Gasteiger partial charge in [-0.05, 0) is 60.9 Å². The first-order valence-corrected chi connectivity index (χ1v) is 11.9. The van der Waals surface area contributed by atoms with E-state index >= 15 is 0 Å². The van der Waals surface area contributed by atoms with E-state index in [1.807, 2.05) is 0 Å². The van der Waals surface area contributed by atoms with Crippen LogP contribution < -0.4 is 9.75 Å². The summed E-state index contributed by atoms with van der Waals surface area (Å²) in [7, 11) is 0. The number of halogens is 3. The maximum atomic E-state index is 13.3. The largest absolute Gasteiger partial charge is 0.491 e. The van der Waals surface area contributed by atoms with Crippen molar-refractivity contribution in [3.63, 3.8) is 0 Å². The Labute approximate surface area is 217 Å². The van der Waals surface area contributed by atoms with Crippen LogP contribution in [0.1, 0.15) is 34.3 Å². The van der Waals surface area contributed by atoms with Crippen LogP contribution in [0, 0.1) is 0 Å².